The van der Waals surface area contributed by atoms with Gasteiger partial charge in [-0.05, 0) is 54.1 Å². The maximum Gasteiger partial charge on any atom is 0.335 e. The van der Waals surface area contributed by atoms with Crippen molar-refractivity contribution in [1.29, 1.82) is 0 Å². The van der Waals surface area contributed by atoms with Gasteiger partial charge in [0.25, 0.3) is 0 Å². The first-order valence-corrected chi connectivity index (χ1v) is 10.9. The van der Waals surface area contributed by atoms with Crippen molar-refractivity contribution in [1.82, 2.24) is 4.90 Å². The van der Waals surface area contributed by atoms with Gasteiger partial charge in [-0.3, -0.25) is 0 Å². The number of hydrogen-bond acceptors (Lipinski definition) is 4. The molecule has 0 radical (unpaired) electrons. The van der Waals surface area contributed by atoms with Crippen molar-refractivity contribution in [2.75, 3.05) is 18.4 Å². The number of ether oxygens (including phenoxy) is 2. The molecule has 2 N–H and O–H groups in total. The highest BCUT2D eigenvalue weighted by molar-refractivity contribution is 5.91. The van der Waals surface area contributed by atoms with Crippen LogP contribution in [-0.2, 0) is 6.61 Å². The van der Waals surface area contributed by atoms with Crippen molar-refractivity contribution in [2.45, 2.75) is 25.6 Å². The first kappa shape index (κ1) is 22.2. The van der Waals surface area contributed by atoms with E-state index in [0.717, 1.165) is 29.9 Å². The number of likely N-dealkylation sites (tertiary alicyclic amines) is 1. The zero-order chi connectivity index (χ0) is 23.0. The number of aromatic carboxylic acids is 1. The number of urea groups is 1. The lowest BCUT2D eigenvalue weighted by Crippen LogP contribution is -2.43. The predicted molar refractivity (Wildman–Crippen MR) is 125 cm³/mol. The Morgan fingerprint density at radius 3 is 2.15 bits per heavy atom. The molecule has 3 aromatic rings. The van der Waals surface area contributed by atoms with Gasteiger partial charge in [0.1, 0.15) is 24.2 Å². The van der Waals surface area contributed by atoms with E-state index < -0.39 is 5.97 Å². The smallest absolute Gasteiger partial charge is 0.335 e. The summed E-state index contributed by atoms with van der Waals surface area (Å²) in [4.78, 5) is 25.2. The van der Waals surface area contributed by atoms with E-state index >= 15 is 0 Å². The molecule has 0 saturated carbocycles. The molecular formula is C26H26N2O5. The lowest BCUT2D eigenvalue weighted by molar-refractivity contribution is 0.0697. The number of carboxylic acid groups (broad SMARTS) is 1. The lowest BCUT2D eigenvalue weighted by atomic mass is 10.1. The minimum Gasteiger partial charge on any atom is -0.490 e. The number of nitrogens with zero attached hydrogens (tertiary/aromatic N) is 1. The fourth-order valence-corrected chi connectivity index (χ4v) is 3.62. The lowest BCUT2D eigenvalue weighted by Gasteiger charge is -2.32. The van der Waals surface area contributed by atoms with Gasteiger partial charge in [0.2, 0.25) is 0 Å². The molecule has 1 saturated heterocycles. The number of carbonyl (C=O) groups excluding carboxylic acids is 1. The zero-order valence-corrected chi connectivity index (χ0v) is 18.1. The van der Waals surface area contributed by atoms with Crippen LogP contribution in [0.1, 0.15) is 28.8 Å². The SMILES string of the molecule is O=C(O)c1ccc(NC(=O)N2CCC(Oc3ccc(OCc4ccccc4)cc3)CC2)cc1. The zero-order valence-electron chi connectivity index (χ0n) is 18.1. The number of nitrogens with one attached hydrogen (secondary N) is 1. The molecule has 0 aromatic heterocycles. The van der Waals surface area contributed by atoms with Crippen molar-refractivity contribution < 1.29 is 24.2 Å². The Bertz CT molecular complexity index is 1060. The molecule has 1 heterocycles. The number of amides is 2. The minimum atomic E-state index is -0.996. The van der Waals surface area contributed by atoms with E-state index in [9.17, 15) is 9.59 Å². The van der Waals surface area contributed by atoms with Crippen LogP contribution in [0.15, 0.2) is 78.9 Å². The molecule has 170 valence electrons. The van der Waals surface area contributed by atoms with Crippen LogP contribution in [-0.4, -0.2) is 41.2 Å². The number of carboxylic acids is 1. The Labute approximate surface area is 192 Å². The van der Waals surface area contributed by atoms with E-state index in [4.69, 9.17) is 14.6 Å². The molecule has 1 fully saturated rings. The molecule has 0 spiro atoms. The van der Waals surface area contributed by atoms with Gasteiger partial charge in [0.15, 0.2) is 0 Å². The third-order valence-electron chi connectivity index (χ3n) is 5.49. The minimum absolute atomic E-state index is 0.0417. The monoisotopic (exact) mass is 446 g/mol. The summed E-state index contributed by atoms with van der Waals surface area (Å²) in [7, 11) is 0. The van der Waals surface area contributed by atoms with Gasteiger partial charge in [-0.1, -0.05) is 30.3 Å². The molecule has 33 heavy (non-hydrogen) atoms. The molecule has 0 bridgehead atoms. The second-order valence-electron chi connectivity index (χ2n) is 7.86. The van der Waals surface area contributed by atoms with E-state index in [1.54, 1.807) is 17.0 Å². The quantitative estimate of drug-likeness (QED) is 0.531. The van der Waals surface area contributed by atoms with E-state index in [2.05, 4.69) is 5.32 Å². The molecular weight excluding hydrogens is 420 g/mol. The summed E-state index contributed by atoms with van der Waals surface area (Å²) in [5.41, 5.74) is 1.87. The van der Waals surface area contributed by atoms with Gasteiger partial charge < -0.3 is 24.8 Å². The summed E-state index contributed by atoms with van der Waals surface area (Å²) in [6.07, 6.45) is 1.51. The third kappa shape index (κ3) is 6.26. The fourth-order valence-electron chi connectivity index (χ4n) is 3.62. The number of rotatable bonds is 7. The molecule has 7 heteroatoms. The number of piperidine rings is 1. The van der Waals surface area contributed by atoms with Crippen molar-refractivity contribution in [2.24, 2.45) is 0 Å². The van der Waals surface area contributed by atoms with Gasteiger partial charge in [-0.2, -0.15) is 0 Å². The van der Waals surface area contributed by atoms with Gasteiger partial charge in [0, 0.05) is 31.6 Å². The average Bonchev–Trinajstić information content (AvgIpc) is 2.85. The fraction of sp³-hybridized carbons (Fsp3) is 0.231. The molecule has 4 rings (SSSR count). The van der Waals surface area contributed by atoms with E-state index in [0.29, 0.717) is 25.4 Å². The normalized spacial score (nSPS) is 13.9. The second-order valence-corrected chi connectivity index (χ2v) is 7.86. The molecule has 0 unspecified atom stereocenters. The van der Waals surface area contributed by atoms with Crippen LogP contribution in [0.4, 0.5) is 10.5 Å². The van der Waals surface area contributed by atoms with Crippen molar-refractivity contribution in [3.63, 3.8) is 0 Å². The summed E-state index contributed by atoms with van der Waals surface area (Å²) in [5, 5.41) is 11.8. The average molecular weight is 447 g/mol. The summed E-state index contributed by atoms with van der Waals surface area (Å²) in [5.74, 6) is 0.571. The molecule has 1 aliphatic heterocycles. The van der Waals surface area contributed by atoms with Crippen LogP contribution >= 0.6 is 0 Å². The highest BCUT2D eigenvalue weighted by atomic mass is 16.5. The van der Waals surface area contributed by atoms with E-state index in [1.807, 2.05) is 54.6 Å². The van der Waals surface area contributed by atoms with Crippen LogP contribution in [0.25, 0.3) is 0 Å². The molecule has 0 aliphatic carbocycles. The molecule has 2 amide bonds. The largest absolute Gasteiger partial charge is 0.490 e. The molecule has 3 aromatic carbocycles. The highest BCUT2D eigenvalue weighted by Crippen LogP contribution is 2.23. The Kier molecular flexibility index (Phi) is 7.09. The standard InChI is InChI=1S/C26H26N2O5/c29-25(30)20-6-8-21(9-7-20)27-26(31)28-16-14-24(15-17-28)33-23-12-10-22(11-13-23)32-18-19-4-2-1-3-5-19/h1-13,24H,14-18H2,(H,27,31)(H,29,30). The topological polar surface area (TPSA) is 88.1 Å². The van der Waals surface area contributed by atoms with Gasteiger partial charge in [-0.15, -0.1) is 0 Å². The van der Waals surface area contributed by atoms with Crippen molar-refractivity contribution in [3.05, 3.63) is 90.0 Å². The first-order chi connectivity index (χ1) is 16.1. The van der Waals surface area contributed by atoms with Gasteiger partial charge >= 0.3 is 12.0 Å². The molecule has 0 atom stereocenters. The number of carbonyl (C=O) groups is 2. The Morgan fingerprint density at radius 1 is 0.879 bits per heavy atom. The first-order valence-electron chi connectivity index (χ1n) is 10.9. The van der Waals surface area contributed by atoms with Crippen LogP contribution in [0.5, 0.6) is 11.5 Å². The van der Waals surface area contributed by atoms with Gasteiger partial charge in [-0.25, -0.2) is 9.59 Å². The highest BCUT2D eigenvalue weighted by Gasteiger charge is 2.24. The summed E-state index contributed by atoms with van der Waals surface area (Å²) < 4.78 is 11.9. The number of benzene rings is 3. The Balaban J connectivity index is 1.21. The van der Waals surface area contributed by atoms with Gasteiger partial charge in [0.05, 0.1) is 5.56 Å². The maximum atomic E-state index is 12.5. The summed E-state index contributed by atoms with van der Waals surface area (Å²) >= 11 is 0. The van der Waals surface area contributed by atoms with Crippen LogP contribution in [0, 0.1) is 0 Å². The predicted octanol–water partition coefficient (Wildman–Crippen LogP) is 5.04. The molecule has 7 nitrogen and oxygen atoms in total. The van der Waals surface area contributed by atoms with Crippen molar-refractivity contribution >= 4 is 17.7 Å². The molecule has 1 aliphatic rings. The number of anilines is 1. The Morgan fingerprint density at radius 2 is 1.52 bits per heavy atom. The summed E-state index contributed by atoms with van der Waals surface area (Å²) in [6.45, 7) is 1.69. The second kappa shape index (κ2) is 10.5. The van der Waals surface area contributed by atoms with Crippen LogP contribution in [0.3, 0.4) is 0 Å². The summed E-state index contributed by atoms with van der Waals surface area (Å²) in [6, 6.07) is 23.5. The number of hydrogen-bond donors (Lipinski definition) is 2. The third-order valence-corrected chi connectivity index (χ3v) is 5.49. The van der Waals surface area contributed by atoms with E-state index in [1.165, 1.54) is 12.1 Å². The van der Waals surface area contributed by atoms with Crippen LogP contribution < -0.4 is 14.8 Å². The Hall–Kier alpha value is -4.00. The van der Waals surface area contributed by atoms with E-state index in [-0.39, 0.29) is 17.7 Å². The van der Waals surface area contributed by atoms with Crippen LogP contribution in [0.2, 0.25) is 0 Å². The maximum absolute atomic E-state index is 12.5. The van der Waals surface area contributed by atoms with Crippen molar-refractivity contribution in [3.8, 4) is 11.5 Å².